The summed E-state index contributed by atoms with van der Waals surface area (Å²) in [4.78, 5) is 47.3. The highest BCUT2D eigenvalue weighted by Gasteiger charge is 2.10. The molecule has 2 N–H and O–H groups in total. The first-order chi connectivity index (χ1) is 14.8. The number of amides is 2. The molecule has 0 radical (unpaired) electrons. The van der Waals surface area contributed by atoms with Gasteiger partial charge in [-0.1, -0.05) is 35.4 Å². The van der Waals surface area contributed by atoms with Crippen LogP contribution in [0.2, 0.25) is 0 Å². The Morgan fingerprint density at radius 2 is 1.13 bits per heavy atom. The van der Waals surface area contributed by atoms with Gasteiger partial charge in [-0.3, -0.25) is 19.2 Å². The van der Waals surface area contributed by atoms with Crippen molar-refractivity contribution in [3.05, 3.63) is 70.8 Å². The maximum atomic E-state index is 12.0. The van der Waals surface area contributed by atoms with Gasteiger partial charge in [0, 0.05) is 17.5 Å². The summed E-state index contributed by atoms with van der Waals surface area (Å²) in [6.07, 6.45) is 0.301. The minimum atomic E-state index is -0.585. The van der Waals surface area contributed by atoms with Gasteiger partial charge in [0.2, 0.25) is 0 Å². The molecule has 2 amide bonds. The Hall–Kier alpha value is -3.68. The zero-order chi connectivity index (χ0) is 22.6. The first kappa shape index (κ1) is 23.6. The molecule has 0 bridgehead atoms. The molecule has 2 aromatic rings. The number of esters is 2. The van der Waals surface area contributed by atoms with Gasteiger partial charge in [0.1, 0.15) is 13.1 Å². The Labute approximate surface area is 180 Å². The minimum Gasteiger partial charge on any atom is -0.464 e. The van der Waals surface area contributed by atoms with Crippen LogP contribution in [0.15, 0.2) is 48.5 Å². The highest BCUT2D eigenvalue weighted by atomic mass is 16.5. The Kier molecular flexibility index (Phi) is 9.22. The summed E-state index contributed by atoms with van der Waals surface area (Å²) in [6.45, 7) is 3.32. The average molecular weight is 426 g/mol. The Bertz CT molecular complexity index is 866. The van der Waals surface area contributed by atoms with Crippen molar-refractivity contribution in [2.75, 3.05) is 26.3 Å². The second kappa shape index (κ2) is 12.1. The lowest BCUT2D eigenvalue weighted by Gasteiger charge is -2.08. The van der Waals surface area contributed by atoms with Crippen molar-refractivity contribution in [2.45, 2.75) is 20.3 Å². The minimum absolute atomic E-state index is 0.0437. The third-order valence-electron chi connectivity index (χ3n) is 4.16. The molecule has 164 valence electrons. The number of aryl methyl sites for hydroxylation is 2. The number of carbonyl (C=O) groups excluding carboxylic acids is 4. The van der Waals surface area contributed by atoms with Crippen LogP contribution in [0.1, 0.15) is 38.3 Å². The lowest BCUT2D eigenvalue weighted by atomic mass is 10.1. The largest absolute Gasteiger partial charge is 0.464 e. The average Bonchev–Trinajstić information content (AvgIpc) is 2.75. The molecule has 2 rings (SSSR count). The van der Waals surface area contributed by atoms with Gasteiger partial charge >= 0.3 is 11.9 Å². The molecule has 0 heterocycles. The summed E-state index contributed by atoms with van der Waals surface area (Å²) in [7, 11) is 0. The number of hydrogen-bond acceptors (Lipinski definition) is 6. The molecule has 8 nitrogen and oxygen atoms in total. The van der Waals surface area contributed by atoms with Crippen LogP contribution in [0, 0.1) is 13.8 Å². The molecule has 0 aromatic heterocycles. The van der Waals surface area contributed by atoms with Crippen molar-refractivity contribution in [3.8, 4) is 0 Å². The zero-order valence-electron chi connectivity index (χ0n) is 17.6. The van der Waals surface area contributed by atoms with Crippen molar-refractivity contribution in [1.82, 2.24) is 10.6 Å². The van der Waals surface area contributed by atoms with Crippen molar-refractivity contribution in [3.63, 3.8) is 0 Å². The number of nitrogens with one attached hydrogen (secondary N) is 2. The van der Waals surface area contributed by atoms with Gasteiger partial charge in [-0.2, -0.15) is 0 Å². The third kappa shape index (κ3) is 8.69. The van der Waals surface area contributed by atoms with Crippen LogP contribution < -0.4 is 10.6 Å². The fourth-order valence-electron chi connectivity index (χ4n) is 2.61. The van der Waals surface area contributed by atoms with E-state index < -0.39 is 11.9 Å². The van der Waals surface area contributed by atoms with Gasteiger partial charge < -0.3 is 20.1 Å². The van der Waals surface area contributed by atoms with Gasteiger partial charge in [0.05, 0.1) is 13.2 Å². The highest BCUT2D eigenvalue weighted by molar-refractivity contribution is 5.96. The maximum absolute atomic E-state index is 12.0. The van der Waals surface area contributed by atoms with E-state index in [1.807, 2.05) is 26.0 Å². The Morgan fingerprint density at radius 1 is 0.710 bits per heavy atom. The molecule has 8 heteroatoms. The molecular formula is C23H26N2O6. The number of benzene rings is 2. The quantitative estimate of drug-likeness (QED) is 0.444. The van der Waals surface area contributed by atoms with E-state index in [2.05, 4.69) is 10.6 Å². The van der Waals surface area contributed by atoms with Crippen LogP contribution in [-0.4, -0.2) is 50.1 Å². The second-order valence-electron chi connectivity index (χ2n) is 6.90. The topological polar surface area (TPSA) is 111 Å². The van der Waals surface area contributed by atoms with E-state index in [1.165, 1.54) is 0 Å². The zero-order valence-corrected chi connectivity index (χ0v) is 17.6. The summed E-state index contributed by atoms with van der Waals surface area (Å²) in [5.41, 5.74) is 2.82. The first-order valence-corrected chi connectivity index (χ1v) is 9.86. The molecule has 31 heavy (non-hydrogen) atoms. The molecule has 0 aliphatic heterocycles. The molecule has 0 saturated carbocycles. The third-order valence-corrected chi connectivity index (χ3v) is 4.16. The summed E-state index contributed by atoms with van der Waals surface area (Å²) < 4.78 is 9.97. The molecule has 0 aliphatic rings. The Morgan fingerprint density at radius 3 is 1.52 bits per heavy atom. The van der Waals surface area contributed by atoms with Crippen molar-refractivity contribution in [2.24, 2.45) is 0 Å². The van der Waals surface area contributed by atoms with Crippen LogP contribution in [0.5, 0.6) is 0 Å². The molecule has 0 fully saturated rings. The summed E-state index contributed by atoms with van der Waals surface area (Å²) in [5, 5.41) is 4.98. The number of ether oxygens (including phenoxy) is 2. The molecule has 2 aromatic carbocycles. The monoisotopic (exact) mass is 426 g/mol. The van der Waals surface area contributed by atoms with E-state index in [9.17, 15) is 19.2 Å². The van der Waals surface area contributed by atoms with E-state index in [-0.39, 0.29) is 38.1 Å². The molecule has 0 spiro atoms. The van der Waals surface area contributed by atoms with Gasteiger partial charge in [-0.05, 0) is 38.1 Å². The normalized spacial score (nSPS) is 10.1. The van der Waals surface area contributed by atoms with E-state index in [4.69, 9.17) is 9.47 Å². The predicted octanol–water partition coefficient (Wildman–Crippen LogP) is 1.94. The maximum Gasteiger partial charge on any atom is 0.325 e. The molecule has 0 unspecified atom stereocenters. The van der Waals surface area contributed by atoms with Gasteiger partial charge in [0.25, 0.3) is 11.8 Å². The smallest absolute Gasteiger partial charge is 0.325 e. The molecule has 0 aliphatic carbocycles. The van der Waals surface area contributed by atoms with Crippen molar-refractivity contribution >= 4 is 23.8 Å². The van der Waals surface area contributed by atoms with Gasteiger partial charge in [-0.25, -0.2) is 0 Å². The second-order valence-corrected chi connectivity index (χ2v) is 6.90. The summed E-state index contributed by atoms with van der Waals surface area (Å²) in [6, 6.07) is 14.0. The lowest BCUT2D eigenvalue weighted by molar-refractivity contribution is -0.144. The van der Waals surface area contributed by atoms with E-state index in [0.29, 0.717) is 17.5 Å². The molecule has 0 saturated heterocycles. The van der Waals surface area contributed by atoms with E-state index >= 15 is 0 Å². The van der Waals surface area contributed by atoms with Crippen LogP contribution in [0.25, 0.3) is 0 Å². The van der Waals surface area contributed by atoms with E-state index in [1.54, 1.807) is 36.4 Å². The summed E-state index contributed by atoms with van der Waals surface area (Å²) >= 11 is 0. The molecular weight excluding hydrogens is 400 g/mol. The first-order valence-electron chi connectivity index (χ1n) is 9.86. The lowest BCUT2D eigenvalue weighted by Crippen LogP contribution is -2.31. The number of hydrogen-bond donors (Lipinski definition) is 2. The fraction of sp³-hybridized carbons (Fsp3) is 0.304. The van der Waals surface area contributed by atoms with Crippen molar-refractivity contribution < 1.29 is 28.7 Å². The standard InChI is InChI=1S/C23H26N2O6/c1-16-6-3-8-18(12-16)22(28)24-14-20(26)30-10-5-11-31-21(27)15-25-23(29)19-9-4-7-17(2)13-19/h3-4,6-9,12-13H,5,10-11,14-15H2,1-2H3,(H,24,28)(H,25,29). The predicted molar refractivity (Wildman–Crippen MR) is 114 cm³/mol. The number of rotatable bonds is 10. The van der Waals surface area contributed by atoms with Crippen LogP contribution >= 0.6 is 0 Å². The number of carbonyl (C=O) groups is 4. The van der Waals surface area contributed by atoms with Gasteiger partial charge in [0.15, 0.2) is 0 Å². The Balaban J connectivity index is 1.55. The summed E-state index contributed by atoms with van der Waals surface area (Å²) in [5.74, 6) is -1.89. The van der Waals surface area contributed by atoms with Crippen LogP contribution in [0.4, 0.5) is 0 Å². The van der Waals surface area contributed by atoms with Crippen LogP contribution in [0.3, 0.4) is 0 Å². The molecule has 0 atom stereocenters. The van der Waals surface area contributed by atoms with Gasteiger partial charge in [-0.15, -0.1) is 0 Å². The highest BCUT2D eigenvalue weighted by Crippen LogP contribution is 2.04. The van der Waals surface area contributed by atoms with Crippen LogP contribution in [-0.2, 0) is 19.1 Å². The van der Waals surface area contributed by atoms with Crippen molar-refractivity contribution in [1.29, 1.82) is 0 Å². The van der Waals surface area contributed by atoms with E-state index in [0.717, 1.165) is 11.1 Å². The fourth-order valence-corrected chi connectivity index (χ4v) is 2.61. The SMILES string of the molecule is Cc1cccc(C(=O)NCC(=O)OCCCOC(=O)CNC(=O)c2cccc(C)c2)c1.